The van der Waals surface area contributed by atoms with Crippen LogP contribution in [0.1, 0.15) is 23.6 Å². The van der Waals surface area contributed by atoms with Crippen molar-refractivity contribution in [2.75, 3.05) is 13.1 Å². The van der Waals surface area contributed by atoms with Gasteiger partial charge in [0.2, 0.25) is 5.91 Å². The Morgan fingerprint density at radius 2 is 1.71 bits per heavy atom. The van der Waals surface area contributed by atoms with Crippen LogP contribution in [-0.4, -0.2) is 40.0 Å². The van der Waals surface area contributed by atoms with Crippen LogP contribution in [0, 0.1) is 5.41 Å². The average Bonchev–Trinajstić information content (AvgIpc) is 3.28. The molecule has 4 rings (SSSR count). The third kappa shape index (κ3) is 3.17. The first kappa shape index (κ1) is 18.3. The molecule has 0 unspecified atom stereocenters. The number of hydrogen-bond acceptors (Lipinski definition) is 2. The maximum Gasteiger partial charge on any atom is 0.312 e. The molecule has 0 spiro atoms. The van der Waals surface area contributed by atoms with Gasteiger partial charge in [-0.25, -0.2) is 0 Å². The van der Waals surface area contributed by atoms with Gasteiger partial charge in [-0.05, 0) is 42.5 Å². The lowest BCUT2D eigenvalue weighted by Crippen LogP contribution is -2.46. The lowest BCUT2D eigenvalue weighted by Gasteiger charge is -2.31. The minimum Gasteiger partial charge on any atom is -0.481 e. The second-order valence-electron chi connectivity index (χ2n) is 7.65. The predicted octanol–water partition coefficient (Wildman–Crippen LogP) is 3.43. The highest BCUT2D eigenvalue weighted by atomic mass is 16.4. The standard InChI is InChI=1S/C23H24N2O3/c1-2-25(21(26)11-18-14-24-20-10-6-5-9-19(18)20)15-23(22(27)28)12-16-7-3-4-8-17(16)13-23/h3-10,14,24H,2,11-13,15H2,1H3,(H,27,28). The van der Waals surface area contributed by atoms with E-state index in [9.17, 15) is 14.7 Å². The van der Waals surface area contributed by atoms with Crippen LogP contribution in [0.15, 0.2) is 54.7 Å². The second kappa shape index (κ2) is 7.15. The van der Waals surface area contributed by atoms with E-state index in [0.29, 0.717) is 19.4 Å². The summed E-state index contributed by atoms with van der Waals surface area (Å²) < 4.78 is 0. The van der Waals surface area contributed by atoms with E-state index >= 15 is 0 Å². The van der Waals surface area contributed by atoms with Gasteiger partial charge in [0.25, 0.3) is 0 Å². The van der Waals surface area contributed by atoms with Crippen molar-refractivity contribution in [1.29, 1.82) is 0 Å². The van der Waals surface area contributed by atoms with Crippen molar-refractivity contribution in [2.45, 2.75) is 26.2 Å². The van der Waals surface area contributed by atoms with Crippen LogP contribution < -0.4 is 0 Å². The molecule has 144 valence electrons. The van der Waals surface area contributed by atoms with Crippen molar-refractivity contribution < 1.29 is 14.7 Å². The summed E-state index contributed by atoms with van der Waals surface area (Å²) >= 11 is 0. The number of hydrogen-bond donors (Lipinski definition) is 2. The van der Waals surface area contributed by atoms with Gasteiger partial charge in [-0.2, -0.15) is 0 Å². The van der Waals surface area contributed by atoms with Crippen LogP contribution in [-0.2, 0) is 28.9 Å². The van der Waals surface area contributed by atoms with Gasteiger partial charge < -0.3 is 15.0 Å². The fourth-order valence-corrected chi connectivity index (χ4v) is 4.32. The van der Waals surface area contributed by atoms with Gasteiger partial charge in [0, 0.05) is 30.2 Å². The van der Waals surface area contributed by atoms with Crippen LogP contribution >= 0.6 is 0 Å². The fraction of sp³-hybridized carbons (Fsp3) is 0.304. The van der Waals surface area contributed by atoms with Crippen molar-refractivity contribution in [3.05, 3.63) is 71.4 Å². The van der Waals surface area contributed by atoms with Gasteiger partial charge in [-0.1, -0.05) is 42.5 Å². The number of nitrogens with one attached hydrogen (secondary N) is 1. The van der Waals surface area contributed by atoms with Crippen LogP contribution in [0.4, 0.5) is 0 Å². The number of fused-ring (bicyclic) bond motifs is 2. The smallest absolute Gasteiger partial charge is 0.312 e. The average molecular weight is 376 g/mol. The number of aromatic nitrogens is 1. The van der Waals surface area contributed by atoms with E-state index in [1.165, 1.54) is 0 Å². The molecule has 0 radical (unpaired) electrons. The highest BCUT2D eigenvalue weighted by Crippen LogP contribution is 2.38. The van der Waals surface area contributed by atoms with Gasteiger partial charge in [-0.3, -0.25) is 9.59 Å². The van der Waals surface area contributed by atoms with Gasteiger partial charge >= 0.3 is 5.97 Å². The summed E-state index contributed by atoms with van der Waals surface area (Å²) in [4.78, 5) is 30.1. The van der Waals surface area contributed by atoms with Gasteiger partial charge in [0.1, 0.15) is 0 Å². The normalized spacial score (nSPS) is 14.8. The van der Waals surface area contributed by atoms with Gasteiger partial charge in [0.05, 0.1) is 11.8 Å². The molecule has 1 aromatic heterocycles. The first-order valence-electron chi connectivity index (χ1n) is 9.65. The first-order chi connectivity index (χ1) is 13.5. The molecule has 5 nitrogen and oxygen atoms in total. The molecular weight excluding hydrogens is 352 g/mol. The number of nitrogens with zero attached hydrogens (tertiary/aromatic N) is 1. The number of amides is 1. The molecule has 0 saturated heterocycles. The Bertz CT molecular complexity index is 1010. The van der Waals surface area contributed by atoms with Crippen molar-refractivity contribution in [2.24, 2.45) is 5.41 Å². The molecule has 5 heteroatoms. The topological polar surface area (TPSA) is 73.4 Å². The predicted molar refractivity (Wildman–Crippen MR) is 108 cm³/mol. The fourth-order valence-electron chi connectivity index (χ4n) is 4.32. The molecule has 0 bridgehead atoms. The Morgan fingerprint density at radius 1 is 1.07 bits per heavy atom. The zero-order valence-corrected chi connectivity index (χ0v) is 15.9. The number of para-hydroxylation sites is 1. The summed E-state index contributed by atoms with van der Waals surface area (Å²) in [6, 6.07) is 15.8. The third-order valence-electron chi connectivity index (χ3n) is 5.87. The molecule has 0 atom stereocenters. The number of aliphatic carboxylic acids is 1. The van der Waals surface area contributed by atoms with Crippen LogP contribution in [0.3, 0.4) is 0 Å². The monoisotopic (exact) mass is 376 g/mol. The number of rotatable bonds is 6. The van der Waals surface area contributed by atoms with Crippen LogP contribution in [0.2, 0.25) is 0 Å². The summed E-state index contributed by atoms with van der Waals surface area (Å²) in [5.41, 5.74) is 3.14. The van der Waals surface area contributed by atoms with Crippen molar-refractivity contribution >= 4 is 22.8 Å². The van der Waals surface area contributed by atoms with Crippen LogP contribution in [0.5, 0.6) is 0 Å². The first-order valence-corrected chi connectivity index (χ1v) is 9.65. The maximum absolute atomic E-state index is 13.0. The second-order valence-corrected chi connectivity index (χ2v) is 7.65. The Labute approximate surface area is 164 Å². The minimum absolute atomic E-state index is 0.0381. The number of likely N-dealkylation sites (N-methyl/N-ethyl adjacent to an activating group) is 1. The molecule has 0 fully saturated rings. The SMILES string of the molecule is CCN(CC1(C(=O)O)Cc2ccccc2C1)C(=O)Cc1c[nH]c2ccccc12. The molecule has 1 heterocycles. The summed E-state index contributed by atoms with van der Waals surface area (Å²) in [7, 11) is 0. The molecule has 28 heavy (non-hydrogen) atoms. The zero-order chi connectivity index (χ0) is 19.7. The Kier molecular flexibility index (Phi) is 4.67. The lowest BCUT2D eigenvalue weighted by molar-refractivity contribution is -0.151. The molecule has 2 N–H and O–H groups in total. The van der Waals surface area contributed by atoms with E-state index in [2.05, 4.69) is 4.98 Å². The van der Waals surface area contributed by atoms with Gasteiger partial charge in [-0.15, -0.1) is 0 Å². The number of carbonyl (C=O) groups is 2. The van der Waals surface area contributed by atoms with E-state index in [-0.39, 0.29) is 18.9 Å². The number of carboxylic acid groups (broad SMARTS) is 1. The lowest BCUT2D eigenvalue weighted by atomic mass is 9.84. The minimum atomic E-state index is -0.949. The summed E-state index contributed by atoms with van der Waals surface area (Å²) in [5.74, 6) is -0.870. The molecular formula is C23H24N2O3. The Morgan fingerprint density at radius 3 is 2.36 bits per heavy atom. The molecule has 1 aliphatic rings. The molecule has 2 aromatic carbocycles. The Balaban J connectivity index is 1.55. The van der Waals surface area contributed by atoms with Crippen molar-refractivity contribution in [1.82, 2.24) is 9.88 Å². The van der Waals surface area contributed by atoms with E-state index in [0.717, 1.165) is 27.6 Å². The highest BCUT2D eigenvalue weighted by molar-refractivity contribution is 5.89. The van der Waals surface area contributed by atoms with E-state index in [4.69, 9.17) is 0 Å². The third-order valence-corrected chi connectivity index (χ3v) is 5.87. The Hall–Kier alpha value is -3.08. The highest BCUT2D eigenvalue weighted by Gasteiger charge is 2.45. The van der Waals surface area contributed by atoms with Gasteiger partial charge in [0.15, 0.2) is 0 Å². The molecule has 3 aromatic rings. The molecule has 0 aliphatic heterocycles. The molecule has 1 amide bonds. The van der Waals surface area contributed by atoms with Crippen LogP contribution in [0.25, 0.3) is 10.9 Å². The quantitative estimate of drug-likeness (QED) is 0.692. The number of aromatic amines is 1. The zero-order valence-electron chi connectivity index (χ0n) is 15.9. The summed E-state index contributed by atoms with van der Waals surface area (Å²) in [6.45, 7) is 2.63. The van der Waals surface area contributed by atoms with E-state index in [1.54, 1.807) is 4.90 Å². The maximum atomic E-state index is 13.0. The summed E-state index contributed by atoms with van der Waals surface area (Å²) in [6.07, 6.45) is 3.07. The number of carboxylic acids is 1. The number of carbonyl (C=O) groups excluding carboxylic acids is 1. The van der Waals surface area contributed by atoms with Crippen molar-refractivity contribution in [3.8, 4) is 0 Å². The van der Waals surface area contributed by atoms with Crippen molar-refractivity contribution in [3.63, 3.8) is 0 Å². The summed E-state index contributed by atoms with van der Waals surface area (Å²) in [5, 5.41) is 11.1. The molecule has 1 aliphatic carbocycles. The number of H-pyrrole nitrogens is 1. The molecule has 0 saturated carbocycles. The number of benzene rings is 2. The largest absolute Gasteiger partial charge is 0.481 e. The van der Waals surface area contributed by atoms with E-state index < -0.39 is 11.4 Å². The van der Waals surface area contributed by atoms with E-state index in [1.807, 2.05) is 61.7 Å².